The number of carboxylic acid groups (broad SMARTS) is 2. The Morgan fingerprint density at radius 2 is 1.55 bits per heavy atom. The van der Waals surface area contributed by atoms with E-state index in [2.05, 4.69) is 30.2 Å². The van der Waals surface area contributed by atoms with Crippen molar-refractivity contribution >= 4 is 70.3 Å². The molecule has 1 atom stereocenters. The molecule has 0 aromatic rings. The van der Waals surface area contributed by atoms with Crippen LogP contribution < -0.4 is 134 Å². The SMILES string of the molecule is O=C([O-])CC(C(=O)[O-])N(CCNC(=S)[S-])C(=S)[S-].[Na+].[Na+].[Na+].[Na+]. The predicted octanol–water partition coefficient (Wildman–Crippen LogP) is -15.2. The molecule has 0 radical (unpaired) electrons. The van der Waals surface area contributed by atoms with Crippen molar-refractivity contribution in [1.29, 1.82) is 0 Å². The Balaban J connectivity index is -0.000000241. The van der Waals surface area contributed by atoms with Crippen LogP contribution in [0.25, 0.3) is 0 Å². The fourth-order valence-electron chi connectivity index (χ4n) is 1.13. The Bertz CT molecular complexity index is 378. The fraction of sp³-hybridized carbons (Fsp3) is 0.500. The number of nitrogens with one attached hydrogen (secondary N) is 1. The summed E-state index contributed by atoms with van der Waals surface area (Å²) in [5.41, 5.74) is 0. The number of aliphatic carboxylic acids is 2. The van der Waals surface area contributed by atoms with Crippen LogP contribution in [0.2, 0.25) is 0 Å². The zero-order chi connectivity index (χ0) is 14.3. The van der Waals surface area contributed by atoms with Crippen molar-refractivity contribution < 1.29 is 138 Å². The molecule has 0 aliphatic carbocycles. The molecule has 6 nitrogen and oxygen atoms in total. The molecule has 0 heterocycles. The molecule has 0 aliphatic rings. The molecule has 14 heteroatoms. The van der Waals surface area contributed by atoms with Gasteiger partial charge in [0.2, 0.25) is 0 Å². The van der Waals surface area contributed by atoms with Gasteiger partial charge in [-0.15, -0.1) is 0 Å². The molecule has 0 aliphatic heterocycles. The van der Waals surface area contributed by atoms with Gasteiger partial charge in [0, 0.05) is 25.5 Å². The van der Waals surface area contributed by atoms with Crippen molar-refractivity contribution in [3.63, 3.8) is 0 Å². The summed E-state index contributed by atoms with van der Waals surface area (Å²) in [7, 11) is 0. The molecule has 1 unspecified atom stereocenters. The van der Waals surface area contributed by atoms with Gasteiger partial charge in [-0.25, -0.2) is 0 Å². The van der Waals surface area contributed by atoms with Gasteiger partial charge in [0.1, 0.15) is 0 Å². The third-order valence-corrected chi connectivity index (χ3v) is 2.62. The summed E-state index contributed by atoms with van der Waals surface area (Å²) in [5.74, 6) is -3.13. The van der Waals surface area contributed by atoms with E-state index in [9.17, 15) is 19.8 Å². The van der Waals surface area contributed by atoms with Crippen LogP contribution in [0.3, 0.4) is 0 Å². The van der Waals surface area contributed by atoms with Crippen LogP contribution in [-0.2, 0) is 34.8 Å². The summed E-state index contributed by atoms with van der Waals surface area (Å²) in [6.45, 7) is 0.237. The second-order valence-corrected chi connectivity index (χ2v) is 5.19. The minimum Gasteiger partial charge on any atom is -0.550 e. The van der Waals surface area contributed by atoms with Gasteiger partial charge >= 0.3 is 118 Å². The van der Waals surface area contributed by atoms with Crippen LogP contribution >= 0.6 is 24.4 Å². The number of thiocarbonyl (C=S) groups is 2. The minimum absolute atomic E-state index is 0. The molecule has 0 rings (SSSR count). The van der Waals surface area contributed by atoms with Crippen molar-refractivity contribution in [1.82, 2.24) is 10.2 Å². The smallest absolute Gasteiger partial charge is 0.550 e. The van der Waals surface area contributed by atoms with Crippen LogP contribution in [0.1, 0.15) is 6.42 Å². The second-order valence-electron chi connectivity index (χ2n) is 3.08. The van der Waals surface area contributed by atoms with Gasteiger partial charge in [-0.05, 0) is 0 Å². The van der Waals surface area contributed by atoms with E-state index < -0.39 is 24.4 Å². The minimum atomic E-state index is -1.59. The monoisotopic (exact) mass is 416 g/mol. The third kappa shape index (κ3) is 18.0. The molecule has 1 N–H and O–H groups in total. The molecule has 0 saturated heterocycles. The first kappa shape index (κ1) is 36.1. The van der Waals surface area contributed by atoms with E-state index in [1.54, 1.807) is 0 Å². The molecule has 0 saturated carbocycles. The number of carbonyl (C=O) groups is 2. The summed E-state index contributed by atoms with van der Waals surface area (Å²) in [5, 5.41) is 23.9. The van der Waals surface area contributed by atoms with Crippen molar-refractivity contribution in [3.8, 4) is 0 Å². The van der Waals surface area contributed by atoms with Crippen molar-refractivity contribution in [2.24, 2.45) is 0 Å². The second kappa shape index (κ2) is 20.5. The molecule has 0 fully saturated rings. The van der Waals surface area contributed by atoms with Crippen LogP contribution in [0.5, 0.6) is 0 Å². The van der Waals surface area contributed by atoms with Crippen LogP contribution in [0, 0.1) is 0 Å². The van der Waals surface area contributed by atoms with Gasteiger partial charge < -0.3 is 79.7 Å². The number of hydrogen-bond acceptors (Lipinski definition) is 8. The normalized spacial score (nSPS) is 9.27. The number of carbonyl (C=O) groups excluding carboxylic acids is 2. The Morgan fingerprint density at radius 3 is 1.82 bits per heavy atom. The number of hydrogen-bond donors (Lipinski definition) is 1. The van der Waals surface area contributed by atoms with Gasteiger partial charge in [0.15, 0.2) is 0 Å². The van der Waals surface area contributed by atoms with Gasteiger partial charge in [0.25, 0.3) is 0 Å². The summed E-state index contributed by atoms with van der Waals surface area (Å²) in [6.07, 6.45) is -0.766. The molecule has 0 bridgehead atoms. The van der Waals surface area contributed by atoms with Gasteiger partial charge in [-0.3, -0.25) is 0 Å². The zero-order valence-electron chi connectivity index (χ0n) is 12.9. The predicted molar refractivity (Wildman–Crippen MR) is 73.1 cm³/mol. The van der Waals surface area contributed by atoms with E-state index in [0.717, 1.165) is 4.90 Å². The standard InChI is InChI=1S/C8H12N2O4S4.4Na/c11-5(12)3-4(6(13)14)10(8(17)18)2-1-9-7(15)16;;;;/h4H,1-3H2,(H,11,12)(H,13,14)(H,17,18)(H2,9,15,16);;;;/q;4*+1/p-4. The van der Waals surface area contributed by atoms with E-state index in [4.69, 9.17) is 24.8 Å². The Labute approximate surface area is 239 Å². The third-order valence-electron chi connectivity index (χ3n) is 1.86. The maximum Gasteiger partial charge on any atom is 1.00 e. The molecule has 102 valence electrons. The van der Waals surface area contributed by atoms with Crippen molar-refractivity contribution in [3.05, 3.63) is 0 Å². The summed E-state index contributed by atoms with van der Waals surface area (Å²) < 4.78 is -0.0716. The average Bonchev–Trinajstić information content (AvgIpc) is 2.20. The van der Waals surface area contributed by atoms with Crippen LogP contribution in [0.4, 0.5) is 0 Å². The summed E-state index contributed by atoms with van der Waals surface area (Å²) >= 11 is 18.6. The zero-order valence-corrected chi connectivity index (χ0v) is 24.2. The van der Waals surface area contributed by atoms with Crippen LogP contribution in [-0.4, -0.2) is 44.6 Å². The van der Waals surface area contributed by atoms with Crippen molar-refractivity contribution in [2.45, 2.75) is 12.5 Å². The number of rotatable bonds is 7. The number of nitrogens with zero attached hydrogens (tertiary/aromatic N) is 1. The van der Waals surface area contributed by atoms with Gasteiger partial charge in [-0.2, -0.15) is 0 Å². The first-order chi connectivity index (χ1) is 8.25. The fourth-order valence-corrected chi connectivity index (χ4v) is 1.77. The number of carboxylic acids is 2. The van der Waals surface area contributed by atoms with Crippen LogP contribution in [0.15, 0.2) is 0 Å². The first-order valence-corrected chi connectivity index (χ1v) is 6.22. The Morgan fingerprint density at radius 1 is 1.09 bits per heavy atom. The van der Waals surface area contributed by atoms with E-state index in [1.807, 2.05) is 0 Å². The molecule has 0 amide bonds. The van der Waals surface area contributed by atoms with E-state index in [-0.39, 0.29) is 140 Å². The van der Waals surface area contributed by atoms with Gasteiger partial charge in [-0.1, -0.05) is 8.64 Å². The van der Waals surface area contributed by atoms with E-state index >= 15 is 0 Å². The van der Waals surface area contributed by atoms with E-state index in [0.29, 0.717) is 0 Å². The maximum atomic E-state index is 10.9. The molecule has 0 spiro atoms. The molecular formula is C8H8N2Na4O4S4. The Kier molecular flexibility index (Phi) is 33.6. The molecular weight excluding hydrogens is 408 g/mol. The Hall–Kier alpha value is 3.16. The largest absolute Gasteiger partial charge is 1.00 e. The van der Waals surface area contributed by atoms with Gasteiger partial charge in [0.05, 0.1) is 12.0 Å². The molecule has 0 aromatic heterocycles. The average molecular weight is 416 g/mol. The molecule has 0 aromatic carbocycles. The summed E-state index contributed by atoms with van der Waals surface area (Å²) in [4.78, 5) is 22.4. The first-order valence-electron chi connectivity index (χ1n) is 4.59. The van der Waals surface area contributed by atoms with E-state index in [1.165, 1.54) is 0 Å². The quantitative estimate of drug-likeness (QED) is 0.245. The maximum absolute atomic E-state index is 10.9. The molecule has 22 heavy (non-hydrogen) atoms. The van der Waals surface area contributed by atoms with Crippen molar-refractivity contribution in [2.75, 3.05) is 13.1 Å². The topological polar surface area (TPSA) is 95.5 Å². The summed E-state index contributed by atoms with van der Waals surface area (Å²) in [6, 6.07) is -1.47.